The van der Waals surface area contributed by atoms with E-state index in [0.29, 0.717) is 28.6 Å². The summed E-state index contributed by atoms with van der Waals surface area (Å²) in [5.41, 5.74) is 0.671. The summed E-state index contributed by atoms with van der Waals surface area (Å²) in [5.74, 6) is 0.115. The Morgan fingerprint density at radius 1 is 1.33 bits per heavy atom. The lowest BCUT2D eigenvalue weighted by Gasteiger charge is -2.04. The van der Waals surface area contributed by atoms with Crippen LogP contribution in [0.15, 0.2) is 18.2 Å². The van der Waals surface area contributed by atoms with E-state index in [4.69, 9.17) is 25.8 Å². The van der Waals surface area contributed by atoms with Gasteiger partial charge in [0.15, 0.2) is 18.1 Å². The molecule has 130 valence electrons. The summed E-state index contributed by atoms with van der Waals surface area (Å²) in [6.07, 6.45) is 5.83. The molecule has 1 aromatic carbocycles. The Balaban J connectivity index is 1.77. The van der Waals surface area contributed by atoms with Crippen LogP contribution < -0.4 is 14.8 Å². The Hall–Kier alpha value is -2.21. The number of carbonyl (C=O) groups excluding carboxylic acids is 2. The van der Waals surface area contributed by atoms with E-state index < -0.39 is 5.97 Å². The van der Waals surface area contributed by atoms with E-state index in [0.717, 1.165) is 19.3 Å². The number of carbonyl (C=O) groups is 2. The van der Waals surface area contributed by atoms with E-state index in [9.17, 15) is 9.59 Å². The molecule has 0 saturated carbocycles. The molecule has 7 heteroatoms. The topological polar surface area (TPSA) is 73.9 Å². The molecule has 1 N–H and O–H groups in total. The number of hydrogen-bond donors (Lipinski definition) is 1. The van der Waals surface area contributed by atoms with Crippen molar-refractivity contribution in [3.8, 4) is 11.5 Å². The van der Waals surface area contributed by atoms with E-state index in [-0.39, 0.29) is 19.3 Å². The minimum Gasteiger partial charge on any atom is -0.454 e. The van der Waals surface area contributed by atoms with Gasteiger partial charge in [0, 0.05) is 12.6 Å². The molecule has 0 aromatic heterocycles. The van der Waals surface area contributed by atoms with Crippen LogP contribution in [0.1, 0.15) is 31.7 Å². The summed E-state index contributed by atoms with van der Waals surface area (Å²) in [4.78, 5) is 23.1. The number of benzene rings is 1. The number of amides is 1. The van der Waals surface area contributed by atoms with Gasteiger partial charge in [0.25, 0.3) is 5.91 Å². The lowest BCUT2D eigenvalue weighted by molar-refractivity contribution is -0.143. The first kappa shape index (κ1) is 18.1. The predicted octanol–water partition coefficient (Wildman–Crippen LogP) is 2.93. The largest absolute Gasteiger partial charge is 0.454 e. The second-order valence-electron chi connectivity index (χ2n) is 5.23. The third-order valence-corrected chi connectivity index (χ3v) is 3.59. The highest BCUT2D eigenvalue weighted by Gasteiger charge is 2.17. The van der Waals surface area contributed by atoms with Gasteiger partial charge in [-0.05, 0) is 30.2 Å². The molecular formula is C17H20ClNO5. The van der Waals surface area contributed by atoms with Crippen LogP contribution >= 0.6 is 11.6 Å². The van der Waals surface area contributed by atoms with E-state index in [1.807, 2.05) is 0 Å². The van der Waals surface area contributed by atoms with Gasteiger partial charge in [0.2, 0.25) is 6.79 Å². The Morgan fingerprint density at radius 2 is 2.17 bits per heavy atom. The highest BCUT2D eigenvalue weighted by Crippen LogP contribution is 2.40. The van der Waals surface area contributed by atoms with Gasteiger partial charge in [-0.15, -0.1) is 0 Å². The Bertz CT molecular complexity index is 630. The summed E-state index contributed by atoms with van der Waals surface area (Å²) in [5, 5.41) is 3.10. The van der Waals surface area contributed by atoms with Gasteiger partial charge >= 0.3 is 5.97 Å². The molecule has 0 bridgehead atoms. The molecule has 1 aromatic rings. The second kappa shape index (κ2) is 9.17. The first-order chi connectivity index (χ1) is 11.6. The van der Waals surface area contributed by atoms with Crippen molar-refractivity contribution in [2.75, 3.05) is 19.9 Å². The van der Waals surface area contributed by atoms with Gasteiger partial charge in [0.1, 0.15) is 0 Å². The molecule has 0 atom stereocenters. The number of ether oxygens (including phenoxy) is 3. The van der Waals surface area contributed by atoms with E-state index in [1.54, 1.807) is 12.1 Å². The van der Waals surface area contributed by atoms with E-state index in [1.165, 1.54) is 12.2 Å². The lowest BCUT2D eigenvalue weighted by Crippen LogP contribution is -2.29. The fourth-order valence-electron chi connectivity index (χ4n) is 2.09. The molecule has 1 aliphatic heterocycles. The lowest BCUT2D eigenvalue weighted by atomic mass is 10.2. The maximum absolute atomic E-state index is 11.6. The minimum atomic E-state index is -0.604. The minimum absolute atomic E-state index is 0.123. The zero-order valence-corrected chi connectivity index (χ0v) is 14.2. The smallest absolute Gasteiger partial charge is 0.331 e. The standard InChI is InChI=1S/C17H20ClNO5/c1-2-3-4-7-19-15(20)10-22-16(21)6-5-12-8-13(18)17-14(9-12)23-11-24-17/h5-6,8-9H,2-4,7,10-11H2,1H3,(H,19,20)/b6-5+. The van der Waals surface area contributed by atoms with Crippen LogP contribution in [0.5, 0.6) is 11.5 Å². The van der Waals surface area contributed by atoms with Crippen LogP contribution in [-0.4, -0.2) is 31.8 Å². The van der Waals surface area contributed by atoms with Gasteiger partial charge in [-0.1, -0.05) is 31.4 Å². The third-order valence-electron chi connectivity index (χ3n) is 3.31. The summed E-state index contributed by atoms with van der Waals surface area (Å²) < 4.78 is 15.3. The van der Waals surface area contributed by atoms with Crippen molar-refractivity contribution in [3.05, 3.63) is 28.8 Å². The summed E-state index contributed by atoms with van der Waals surface area (Å²) >= 11 is 6.06. The van der Waals surface area contributed by atoms with Gasteiger partial charge in [0.05, 0.1) is 5.02 Å². The molecule has 1 amide bonds. The van der Waals surface area contributed by atoms with Crippen LogP contribution in [0.4, 0.5) is 0 Å². The fraction of sp³-hybridized carbons (Fsp3) is 0.412. The molecule has 0 fully saturated rings. The number of hydrogen-bond acceptors (Lipinski definition) is 5. The quantitative estimate of drug-likeness (QED) is 0.442. The van der Waals surface area contributed by atoms with Crippen molar-refractivity contribution in [3.63, 3.8) is 0 Å². The molecule has 6 nitrogen and oxygen atoms in total. The maximum Gasteiger partial charge on any atom is 0.331 e. The SMILES string of the molecule is CCCCCNC(=O)COC(=O)/C=C/c1cc(Cl)c2c(c1)OCO2. The summed E-state index contributed by atoms with van der Waals surface area (Å²) in [7, 11) is 0. The van der Waals surface area contributed by atoms with Crippen molar-refractivity contribution in [1.82, 2.24) is 5.32 Å². The number of esters is 1. The van der Waals surface area contributed by atoms with Crippen molar-refractivity contribution >= 4 is 29.6 Å². The molecule has 0 saturated heterocycles. The summed E-state index contributed by atoms with van der Waals surface area (Å²) in [6.45, 7) is 2.51. The van der Waals surface area contributed by atoms with E-state index in [2.05, 4.69) is 12.2 Å². The summed E-state index contributed by atoms with van der Waals surface area (Å²) in [6, 6.07) is 3.36. The molecule has 0 spiro atoms. The highest BCUT2D eigenvalue weighted by atomic mass is 35.5. The van der Waals surface area contributed by atoms with Crippen LogP contribution in [0.3, 0.4) is 0 Å². The molecular weight excluding hydrogens is 334 g/mol. The van der Waals surface area contributed by atoms with Crippen LogP contribution in [0.25, 0.3) is 6.08 Å². The van der Waals surface area contributed by atoms with Crippen molar-refractivity contribution in [1.29, 1.82) is 0 Å². The van der Waals surface area contributed by atoms with Crippen molar-refractivity contribution < 1.29 is 23.8 Å². The number of fused-ring (bicyclic) bond motifs is 1. The maximum atomic E-state index is 11.6. The molecule has 1 heterocycles. The molecule has 2 rings (SSSR count). The van der Waals surface area contributed by atoms with Crippen molar-refractivity contribution in [2.24, 2.45) is 0 Å². The fourth-order valence-corrected chi connectivity index (χ4v) is 2.36. The first-order valence-corrected chi connectivity index (χ1v) is 8.18. The predicted molar refractivity (Wildman–Crippen MR) is 90.1 cm³/mol. The van der Waals surface area contributed by atoms with Crippen LogP contribution in [0, 0.1) is 0 Å². The monoisotopic (exact) mass is 353 g/mol. The second-order valence-corrected chi connectivity index (χ2v) is 5.64. The average Bonchev–Trinajstić information content (AvgIpc) is 3.04. The number of unbranched alkanes of at least 4 members (excludes halogenated alkanes) is 2. The van der Waals surface area contributed by atoms with Gasteiger partial charge in [-0.25, -0.2) is 4.79 Å². The van der Waals surface area contributed by atoms with Crippen LogP contribution in [0.2, 0.25) is 5.02 Å². The van der Waals surface area contributed by atoms with Gasteiger partial charge in [-0.2, -0.15) is 0 Å². The zero-order chi connectivity index (χ0) is 17.4. The van der Waals surface area contributed by atoms with Crippen molar-refractivity contribution in [2.45, 2.75) is 26.2 Å². The van der Waals surface area contributed by atoms with Crippen LogP contribution in [-0.2, 0) is 14.3 Å². The van der Waals surface area contributed by atoms with Gasteiger partial charge in [-0.3, -0.25) is 4.79 Å². The Morgan fingerprint density at radius 3 is 2.96 bits per heavy atom. The number of halogens is 1. The number of nitrogens with one attached hydrogen (secondary N) is 1. The van der Waals surface area contributed by atoms with Gasteiger partial charge < -0.3 is 19.5 Å². The molecule has 0 aliphatic carbocycles. The highest BCUT2D eigenvalue weighted by molar-refractivity contribution is 6.32. The molecule has 24 heavy (non-hydrogen) atoms. The molecule has 0 unspecified atom stereocenters. The Kier molecular flexibility index (Phi) is 6.93. The Labute approximate surface area is 145 Å². The van der Waals surface area contributed by atoms with E-state index >= 15 is 0 Å². The normalized spacial score (nSPS) is 12.4. The zero-order valence-electron chi connectivity index (χ0n) is 13.5. The first-order valence-electron chi connectivity index (χ1n) is 7.81. The molecule has 0 radical (unpaired) electrons. The number of rotatable bonds is 8. The molecule has 1 aliphatic rings. The average molecular weight is 354 g/mol. The third kappa shape index (κ3) is 5.45.